The van der Waals surface area contributed by atoms with E-state index in [1.807, 2.05) is 37.5 Å². The van der Waals surface area contributed by atoms with Crippen LogP contribution in [0.3, 0.4) is 0 Å². The van der Waals surface area contributed by atoms with Crippen LogP contribution in [0.15, 0.2) is 0 Å². The normalized spacial score (nSPS) is 22.9. The fourth-order valence-corrected chi connectivity index (χ4v) is 2.61. The summed E-state index contributed by atoms with van der Waals surface area (Å²) in [5.74, 6) is -0.693. The van der Waals surface area contributed by atoms with Crippen LogP contribution in [0.1, 0.15) is 40.5 Å². The summed E-state index contributed by atoms with van der Waals surface area (Å²) < 4.78 is 5.64. The number of rotatable bonds is 7. The predicted molar refractivity (Wildman–Crippen MR) is 80.2 cm³/mol. The smallest absolute Gasteiger partial charge is 0.303 e. The highest BCUT2D eigenvalue weighted by atomic mass is 16.5. The van der Waals surface area contributed by atoms with Crippen LogP contribution in [-0.4, -0.2) is 71.2 Å². The third-order valence-corrected chi connectivity index (χ3v) is 3.68. The zero-order valence-electron chi connectivity index (χ0n) is 13.5. The van der Waals surface area contributed by atoms with Crippen molar-refractivity contribution in [2.24, 2.45) is 0 Å². The molecule has 6 nitrogen and oxygen atoms in total. The molecule has 2 unspecified atom stereocenters. The van der Waals surface area contributed by atoms with E-state index in [1.165, 1.54) is 0 Å². The maximum atomic E-state index is 12.4. The first-order valence-corrected chi connectivity index (χ1v) is 7.68. The third kappa shape index (κ3) is 6.44. The number of carboxylic acids is 1. The van der Waals surface area contributed by atoms with E-state index in [2.05, 4.69) is 0 Å². The summed E-state index contributed by atoms with van der Waals surface area (Å²) in [4.78, 5) is 26.9. The van der Waals surface area contributed by atoms with Crippen LogP contribution in [0.2, 0.25) is 0 Å². The Labute approximate surface area is 127 Å². The van der Waals surface area contributed by atoms with Crippen LogP contribution in [0.4, 0.5) is 0 Å². The molecule has 6 heteroatoms. The van der Waals surface area contributed by atoms with Gasteiger partial charge in [-0.1, -0.05) is 0 Å². The van der Waals surface area contributed by atoms with Crippen molar-refractivity contribution in [3.63, 3.8) is 0 Å². The number of carbonyl (C=O) groups is 2. The van der Waals surface area contributed by atoms with Gasteiger partial charge in [-0.15, -0.1) is 0 Å². The molecule has 0 aromatic rings. The van der Waals surface area contributed by atoms with Crippen molar-refractivity contribution in [1.29, 1.82) is 0 Å². The van der Waals surface area contributed by atoms with Gasteiger partial charge in [0.15, 0.2) is 0 Å². The molecule has 1 fully saturated rings. The van der Waals surface area contributed by atoms with Crippen LogP contribution < -0.4 is 0 Å². The summed E-state index contributed by atoms with van der Waals surface area (Å²) in [6, 6.07) is 0.221. The van der Waals surface area contributed by atoms with Crippen LogP contribution in [0.5, 0.6) is 0 Å². The largest absolute Gasteiger partial charge is 0.481 e. The standard InChI is InChI=1S/C15H28N2O4/c1-11(2)16(7-5-6-15(19)20)10-14(18)17-8-12(3)21-13(4)9-17/h11-13H,5-10H2,1-4H3,(H,19,20). The molecule has 0 aromatic heterocycles. The molecule has 0 saturated carbocycles. The molecule has 0 radical (unpaired) electrons. The number of hydrogen-bond acceptors (Lipinski definition) is 4. The van der Waals surface area contributed by atoms with E-state index in [-0.39, 0.29) is 30.6 Å². The lowest BCUT2D eigenvalue weighted by molar-refractivity contribution is -0.144. The highest BCUT2D eigenvalue weighted by molar-refractivity contribution is 5.78. The van der Waals surface area contributed by atoms with Crippen molar-refractivity contribution in [2.45, 2.75) is 58.8 Å². The Hall–Kier alpha value is -1.14. The summed E-state index contributed by atoms with van der Waals surface area (Å²) in [7, 11) is 0. The number of morpholine rings is 1. The van der Waals surface area contributed by atoms with Gasteiger partial charge in [0.25, 0.3) is 0 Å². The van der Waals surface area contributed by atoms with Gasteiger partial charge in [-0.3, -0.25) is 14.5 Å². The maximum absolute atomic E-state index is 12.4. The number of hydrogen-bond donors (Lipinski definition) is 1. The average molecular weight is 300 g/mol. The Morgan fingerprint density at radius 1 is 1.29 bits per heavy atom. The number of aliphatic carboxylic acids is 1. The molecule has 1 rings (SSSR count). The van der Waals surface area contributed by atoms with Crippen LogP contribution in [-0.2, 0) is 14.3 Å². The molecule has 0 spiro atoms. The molecule has 1 amide bonds. The van der Waals surface area contributed by atoms with Gasteiger partial charge in [0.05, 0.1) is 18.8 Å². The Morgan fingerprint density at radius 2 is 1.86 bits per heavy atom. The van der Waals surface area contributed by atoms with Gasteiger partial charge in [-0.25, -0.2) is 0 Å². The van der Waals surface area contributed by atoms with Crippen LogP contribution >= 0.6 is 0 Å². The fraction of sp³-hybridized carbons (Fsp3) is 0.867. The van der Waals surface area contributed by atoms with E-state index in [9.17, 15) is 9.59 Å². The van der Waals surface area contributed by atoms with Crippen molar-refractivity contribution >= 4 is 11.9 Å². The van der Waals surface area contributed by atoms with Crippen molar-refractivity contribution < 1.29 is 19.4 Å². The summed E-state index contributed by atoms with van der Waals surface area (Å²) in [6.45, 7) is 10.2. The number of amides is 1. The zero-order chi connectivity index (χ0) is 16.0. The molecule has 2 atom stereocenters. The Morgan fingerprint density at radius 3 is 2.33 bits per heavy atom. The monoisotopic (exact) mass is 300 g/mol. The Balaban J connectivity index is 2.49. The second-order valence-electron chi connectivity index (χ2n) is 6.12. The van der Waals surface area contributed by atoms with Crippen LogP contribution in [0, 0.1) is 0 Å². The number of nitrogens with zero attached hydrogens (tertiary/aromatic N) is 2. The minimum Gasteiger partial charge on any atom is -0.481 e. The summed E-state index contributed by atoms with van der Waals surface area (Å²) >= 11 is 0. The first-order valence-electron chi connectivity index (χ1n) is 7.68. The lowest BCUT2D eigenvalue weighted by Crippen LogP contribution is -2.51. The van der Waals surface area contributed by atoms with Crippen molar-refractivity contribution in [1.82, 2.24) is 9.80 Å². The lowest BCUT2D eigenvalue weighted by Gasteiger charge is -2.37. The number of ether oxygens (including phenoxy) is 1. The minimum atomic E-state index is -0.791. The molecule has 1 aliphatic heterocycles. The van der Waals surface area contributed by atoms with Crippen molar-refractivity contribution in [3.05, 3.63) is 0 Å². The lowest BCUT2D eigenvalue weighted by atomic mass is 10.2. The van der Waals surface area contributed by atoms with E-state index >= 15 is 0 Å². The third-order valence-electron chi connectivity index (χ3n) is 3.68. The first kappa shape index (κ1) is 17.9. The van der Waals surface area contributed by atoms with Gasteiger partial charge in [0.1, 0.15) is 0 Å². The minimum absolute atomic E-state index is 0.0669. The highest BCUT2D eigenvalue weighted by Crippen LogP contribution is 2.12. The summed E-state index contributed by atoms with van der Waals surface area (Å²) in [5.41, 5.74) is 0. The quantitative estimate of drug-likeness (QED) is 0.765. The molecular weight excluding hydrogens is 272 g/mol. The molecule has 0 aromatic carbocycles. The van der Waals surface area contributed by atoms with E-state index < -0.39 is 5.97 Å². The van der Waals surface area contributed by atoms with E-state index in [1.54, 1.807) is 0 Å². The van der Waals surface area contributed by atoms with Crippen molar-refractivity contribution in [3.8, 4) is 0 Å². The molecule has 1 heterocycles. The van der Waals surface area contributed by atoms with Gasteiger partial charge in [0.2, 0.25) is 5.91 Å². The van der Waals surface area contributed by atoms with Gasteiger partial charge >= 0.3 is 5.97 Å². The number of carboxylic acid groups (broad SMARTS) is 1. The maximum Gasteiger partial charge on any atom is 0.303 e. The Kier molecular flexibility index (Phi) is 7.11. The zero-order valence-corrected chi connectivity index (χ0v) is 13.5. The molecule has 0 bridgehead atoms. The van der Waals surface area contributed by atoms with Gasteiger partial charge in [-0.05, 0) is 40.7 Å². The molecule has 0 aliphatic carbocycles. The molecule has 1 N–H and O–H groups in total. The second-order valence-corrected chi connectivity index (χ2v) is 6.12. The second kappa shape index (κ2) is 8.34. The average Bonchev–Trinajstić information content (AvgIpc) is 2.35. The van der Waals surface area contributed by atoms with E-state index in [0.717, 1.165) is 0 Å². The van der Waals surface area contributed by atoms with Crippen LogP contribution in [0.25, 0.3) is 0 Å². The molecule has 1 aliphatic rings. The molecule has 21 heavy (non-hydrogen) atoms. The number of carbonyl (C=O) groups excluding carboxylic acids is 1. The highest BCUT2D eigenvalue weighted by Gasteiger charge is 2.27. The van der Waals surface area contributed by atoms with Crippen molar-refractivity contribution in [2.75, 3.05) is 26.2 Å². The van der Waals surface area contributed by atoms with Gasteiger partial charge < -0.3 is 14.7 Å². The molecular formula is C15H28N2O4. The van der Waals surface area contributed by atoms with Gasteiger partial charge in [0, 0.05) is 25.6 Å². The molecule has 1 saturated heterocycles. The van der Waals surface area contributed by atoms with E-state index in [4.69, 9.17) is 9.84 Å². The predicted octanol–water partition coefficient (Wildman–Crippen LogP) is 1.20. The fourth-order valence-electron chi connectivity index (χ4n) is 2.61. The summed E-state index contributed by atoms with van der Waals surface area (Å²) in [5, 5.41) is 8.70. The van der Waals surface area contributed by atoms with Gasteiger partial charge in [-0.2, -0.15) is 0 Å². The van der Waals surface area contributed by atoms with E-state index in [0.29, 0.717) is 32.6 Å². The summed E-state index contributed by atoms with van der Waals surface area (Å²) in [6.07, 6.45) is 0.842. The molecule has 122 valence electrons. The first-order chi connectivity index (χ1) is 9.79. The Bertz CT molecular complexity index is 350. The topological polar surface area (TPSA) is 70.1 Å². The SMILES string of the molecule is CC1CN(C(=O)CN(CCCC(=O)O)C(C)C)CC(C)O1.